The molecule has 5 aromatic rings. The first kappa shape index (κ1) is 28.2. The topological polar surface area (TPSA) is 62.6 Å². The van der Waals surface area contributed by atoms with Crippen LogP contribution < -0.4 is 0 Å². The van der Waals surface area contributed by atoms with Crippen LogP contribution in [0, 0.1) is 0 Å². The Labute approximate surface area is 251 Å². The second-order valence-electron chi connectivity index (χ2n) is 10.7. The van der Waals surface area contributed by atoms with Gasteiger partial charge in [-0.05, 0) is 34.9 Å². The van der Waals surface area contributed by atoms with Crippen molar-refractivity contribution < 1.29 is 13.2 Å². The molecule has 0 aliphatic carbocycles. The van der Waals surface area contributed by atoms with Crippen LogP contribution in [0.2, 0.25) is 5.02 Å². The average molecular weight is 598 g/mol. The Bertz CT molecular complexity index is 1740. The molecule has 8 heteroatoms. The second kappa shape index (κ2) is 12.1. The lowest BCUT2D eigenvalue weighted by Crippen LogP contribution is -2.50. The summed E-state index contributed by atoms with van der Waals surface area (Å²) in [7, 11) is -3.66. The maximum absolute atomic E-state index is 13.5. The lowest BCUT2D eigenvalue weighted by Gasteiger charge is -2.40. The van der Waals surface area contributed by atoms with Crippen molar-refractivity contribution in [3.63, 3.8) is 0 Å². The predicted octanol–water partition coefficient (Wildman–Crippen LogP) is 6.20. The van der Waals surface area contributed by atoms with Crippen LogP contribution in [0.25, 0.3) is 10.9 Å². The molecule has 1 aliphatic rings. The van der Waals surface area contributed by atoms with E-state index < -0.39 is 9.84 Å². The van der Waals surface area contributed by atoms with E-state index in [9.17, 15) is 13.2 Å². The van der Waals surface area contributed by atoms with Crippen LogP contribution >= 0.6 is 11.6 Å². The molecule has 42 heavy (non-hydrogen) atoms. The number of para-hydroxylation sites is 1. The number of piperazine rings is 1. The van der Waals surface area contributed by atoms with Gasteiger partial charge in [0.1, 0.15) is 6.54 Å². The number of amides is 1. The third-order valence-electron chi connectivity index (χ3n) is 7.93. The minimum Gasteiger partial charge on any atom is -0.339 e. The van der Waals surface area contributed by atoms with Gasteiger partial charge in [0.15, 0.2) is 9.84 Å². The highest BCUT2D eigenvalue weighted by Crippen LogP contribution is 2.31. The molecule has 1 fully saturated rings. The van der Waals surface area contributed by atoms with Crippen molar-refractivity contribution in [1.82, 2.24) is 14.4 Å². The summed E-state index contributed by atoms with van der Waals surface area (Å²) < 4.78 is 28.7. The number of benzene rings is 4. The summed E-state index contributed by atoms with van der Waals surface area (Å²) >= 11 is 5.98. The number of halogens is 1. The van der Waals surface area contributed by atoms with Crippen molar-refractivity contribution in [2.24, 2.45) is 0 Å². The SMILES string of the molecule is O=C(Cn1cc(S(=O)(=O)Cc2ccc(Cl)cc2)c2ccccc21)N1CCN(C(c2ccccc2)c2ccccc2)CC1. The summed E-state index contributed by atoms with van der Waals surface area (Å²) in [4.78, 5) is 18.1. The molecule has 0 saturated carbocycles. The van der Waals surface area contributed by atoms with E-state index in [1.807, 2.05) is 35.2 Å². The van der Waals surface area contributed by atoms with E-state index in [0.717, 1.165) is 18.6 Å². The van der Waals surface area contributed by atoms with Gasteiger partial charge in [0.05, 0.1) is 16.7 Å². The summed E-state index contributed by atoms with van der Waals surface area (Å²) in [6.45, 7) is 2.78. The molecular formula is C34H32ClN3O3S. The fraction of sp³-hybridized carbons (Fsp3) is 0.206. The zero-order chi connectivity index (χ0) is 29.1. The second-order valence-corrected chi connectivity index (χ2v) is 13.1. The van der Waals surface area contributed by atoms with E-state index in [-0.39, 0.29) is 29.1 Å². The zero-order valence-corrected chi connectivity index (χ0v) is 24.7. The largest absolute Gasteiger partial charge is 0.339 e. The summed E-state index contributed by atoms with van der Waals surface area (Å²) in [5, 5.41) is 1.18. The molecule has 0 bridgehead atoms. The van der Waals surface area contributed by atoms with E-state index in [4.69, 9.17) is 11.6 Å². The number of carbonyl (C=O) groups excluding carboxylic acids is 1. The molecule has 1 aliphatic heterocycles. The Morgan fingerprint density at radius 3 is 1.93 bits per heavy atom. The van der Waals surface area contributed by atoms with Gasteiger partial charge in [0.2, 0.25) is 5.91 Å². The van der Waals surface area contributed by atoms with Crippen molar-refractivity contribution in [2.75, 3.05) is 26.2 Å². The Balaban J connectivity index is 1.18. The fourth-order valence-corrected chi connectivity index (χ4v) is 7.54. The number of hydrogen-bond acceptors (Lipinski definition) is 4. The average Bonchev–Trinajstić information content (AvgIpc) is 3.39. The molecule has 6 nitrogen and oxygen atoms in total. The van der Waals surface area contributed by atoms with E-state index in [1.54, 1.807) is 41.1 Å². The lowest BCUT2D eigenvalue weighted by molar-refractivity contribution is -0.133. The first-order valence-electron chi connectivity index (χ1n) is 14.1. The van der Waals surface area contributed by atoms with Crippen LogP contribution in [-0.4, -0.2) is 54.9 Å². The molecular weight excluding hydrogens is 566 g/mol. The number of carbonyl (C=O) groups is 1. The molecule has 0 atom stereocenters. The number of nitrogens with zero attached hydrogens (tertiary/aromatic N) is 3. The number of aromatic nitrogens is 1. The molecule has 0 N–H and O–H groups in total. The molecule has 0 unspecified atom stereocenters. The molecule has 1 saturated heterocycles. The normalized spacial score (nSPS) is 14.5. The van der Waals surface area contributed by atoms with Gasteiger partial charge in [-0.25, -0.2) is 8.42 Å². The Morgan fingerprint density at radius 2 is 1.31 bits per heavy atom. The monoisotopic (exact) mass is 597 g/mol. The van der Waals surface area contributed by atoms with Crippen LogP contribution in [0.1, 0.15) is 22.7 Å². The fourth-order valence-electron chi connectivity index (χ4n) is 5.83. The predicted molar refractivity (Wildman–Crippen MR) is 167 cm³/mol. The summed E-state index contributed by atoms with van der Waals surface area (Å²) in [5.41, 5.74) is 3.85. The summed E-state index contributed by atoms with van der Waals surface area (Å²) in [6, 6.07) is 35.3. The zero-order valence-electron chi connectivity index (χ0n) is 23.1. The molecule has 1 amide bonds. The van der Waals surface area contributed by atoms with E-state index in [2.05, 4.69) is 53.4 Å². The van der Waals surface area contributed by atoms with Gasteiger partial charge in [-0.3, -0.25) is 9.69 Å². The van der Waals surface area contributed by atoms with Gasteiger partial charge in [-0.2, -0.15) is 0 Å². The summed E-state index contributed by atoms with van der Waals surface area (Å²) in [5.74, 6) is -0.161. The van der Waals surface area contributed by atoms with E-state index in [1.165, 1.54) is 11.1 Å². The molecule has 0 radical (unpaired) electrons. The summed E-state index contributed by atoms with van der Waals surface area (Å²) in [6.07, 6.45) is 1.62. The highest BCUT2D eigenvalue weighted by Gasteiger charge is 2.29. The number of hydrogen-bond donors (Lipinski definition) is 0. The highest BCUT2D eigenvalue weighted by molar-refractivity contribution is 7.90. The van der Waals surface area contributed by atoms with Crippen molar-refractivity contribution in [1.29, 1.82) is 0 Å². The van der Waals surface area contributed by atoms with Gasteiger partial charge in [-0.15, -0.1) is 0 Å². The third-order valence-corrected chi connectivity index (χ3v) is 9.89. The van der Waals surface area contributed by atoms with Crippen LogP contribution in [0.3, 0.4) is 0 Å². The Hall–Kier alpha value is -3.91. The van der Waals surface area contributed by atoms with Crippen LogP contribution in [0.4, 0.5) is 0 Å². The Kier molecular flexibility index (Phi) is 8.16. The number of rotatable bonds is 8. The van der Waals surface area contributed by atoms with Gasteiger partial charge in [0, 0.05) is 48.3 Å². The van der Waals surface area contributed by atoms with Crippen LogP contribution in [-0.2, 0) is 26.9 Å². The maximum atomic E-state index is 13.5. The van der Waals surface area contributed by atoms with Crippen LogP contribution in [0.15, 0.2) is 120 Å². The lowest BCUT2D eigenvalue weighted by atomic mass is 9.96. The molecule has 6 rings (SSSR count). The maximum Gasteiger partial charge on any atom is 0.242 e. The van der Waals surface area contributed by atoms with Gasteiger partial charge < -0.3 is 9.47 Å². The number of fused-ring (bicyclic) bond motifs is 1. The number of sulfone groups is 1. The first-order chi connectivity index (χ1) is 20.4. The van der Waals surface area contributed by atoms with Crippen molar-refractivity contribution in [3.05, 3.63) is 137 Å². The van der Waals surface area contributed by atoms with Crippen molar-refractivity contribution in [3.8, 4) is 0 Å². The Morgan fingerprint density at radius 1 is 0.738 bits per heavy atom. The molecule has 214 valence electrons. The van der Waals surface area contributed by atoms with Crippen molar-refractivity contribution in [2.45, 2.75) is 23.2 Å². The van der Waals surface area contributed by atoms with Gasteiger partial charge in [-0.1, -0.05) is 103 Å². The van der Waals surface area contributed by atoms with Crippen molar-refractivity contribution >= 4 is 38.2 Å². The van der Waals surface area contributed by atoms with E-state index >= 15 is 0 Å². The standard InChI is InChI=1S/C34H32ClN3O3S/c35-29-17-15-26(16-18-29)25-42(40,41)32-23-38(31-14-8-7-13-30(31)32)24-33(39)36-19-21-37(22-20-36)34(27-9-3-1-4-10-27)28-11-5-2-6-12-28/h1-18,23,34H,19-22,24-25H2. The third kappa shape index (κ3) is 6.00. The van der Waals surface area contributed by atoms with E-state index in [0.29, 0.717) is 29.1 Å². The molecule has 4 aromatic carbocycles. The first-order valence-corrected chi connectivity index (χ1v) is 16.1. The minimum absolute atomic E-state index is 0.0203. The smallest absolute Gasteiger partial charge is 0.242 e. The molecule has 0 spiro atoms. The quantitative estimate of drug-likeness (QED) is 0.214. The van der Waals surface area contributed by atoms with Gasteiger partial charge in [0.25, 0.3) is 0 Å². The molecule has 1 aromatic heterocycles. The molecule has 2 heterocycles. The highest BCUT2D eigenvalue weighted by atomic mass is 35.5. The van der Waals surface area contributed by atoms with Gasteiger partial charge >= 0.3 is 0 Å². The van der Waals surface area contributed by atoms with Crippen LogP contribution in [0.5, 0.6) is 0 Å². The minimum atomic E-state index is -3.66.